The van der Waals surface area contributed by atoms with Crippen molar-refractivity contribution in [1.82, 2.24) is 10.6 Å². The Balaban J connectivity index is 1.80. The smallest absolute Gasteiger partial charge is 0.450 e. The number of para-hydroxylation sites is 1. The molecule has 10 heteroatoms. The number of Topliss-reactive ketones (excluding diaryl/α,β-unsaturated/α-hetero) is 1. The van der Waals surface area contributed by atoms with Crippen molar-refractivity contribution in [3.8, 4) is 11.5 Å². The molecule has 1 aliphatic heterocycles. The number of urea groups is 1. The molecule has 0 unspecified atom stereocenters. The topological polar surface area (TPSA) is 87.7 Å². The second-order valence-corrected chi connectivity index (χ2v) is 8.11. The number of benzene rings is 3. The number of aliphatic hydroxyl groups is 1. The van der Waals surface area contributed by atoms with Crippen LogP contribution < -0.4 is 15.4 Å². The molecule has 0 bridgehead atoms. The Morgan fingerprint density at radius 1 is 0.971 bits per heavy atom. The van der Waals surface area contributed by atoms with E-state index in [-0.39, 0.29) is 21.9 Å². The van der Waals surface area contributed by atoms with Gasteiger partial charge in [0.15, 0.2) is 5.72 Å². The summed E-state index contributed by atoms with van der Waals surface area (Å²) in [7, 11) is 0. The van der Waals surface area contributed by atoms with Gasteiger partial charge in [-0.25, -0.2) is 4.79 Å². The van der Waals surface area contributed by atoms with Gasteiger partial charge in [0.05, 0.1) is 6.04 Å². The van der Waals surface area contributed by atoms with Gasteiger partial charge >= 0.3 is 12.2 Å². The van der Waals surface area contributed by atoms with Crippen molar-refractivity contribution in [3.63, 3.8) is 0 Å². The molecule has 0 aromatic heterocycles. The summed E-state index contributed by atoms with van der Waals surface area (Å²) in [4.78, 5) is 25.1. The Kier molecular flexibility index (Phi) is 6.24. The molecule has 4 rings (SSSR count). The molecule has 2 amide bonds. The first-order valence-corrected chi connectivity index (χ1v) is 10.5. The van der Waals surface area contributed by atoms with Gasteiger partial charge in [-0.15, -0.1) is 0 Å². The molecule has 3 aromatic carbocycles. The fourth-order valence-electron chi connectivity index (χ4n) is 3.90. The van der Waals surface area contributed by atoms with Crippen molar-refractivity contribution in [1.29, 1.82) is 0 Å². The average Bonchev–Trinajstić information content (AvgIpc) is 2.79. The number of ketones is 1. The molecule has 1 fully saturated rings. The normalized spacial score (nSPS) is 22.4. The zero-order chi connectivity index (χ0) is 24.5. The molecule has 3 atom stereocenters. The molecule has 0 radical (unpaired) electrons. The number of carbonyl (C=O) groups excluding carboxylic acids is 2. The minimum Gasteiger partial charge on any atom is -0.457 e. The minimum absolute atomic E-state index is 0.129. The molecule has 3 N–H and O–H groups in total. The Hall–Kier alpha value is -3.56. The van der Waals surface area contributed by atoms with Crippen molar-refractivity contribution in [2.75, 3.05) is 0 Å². The molecule has 0 saturated carbocycles. The molecule has 0 aliphatic carbocycles. The van der Waals surface area contributed by atoms with E-state index < -0.39 is 35.7 Å². The number of alkyl halides is 3. The van der Waals surface area contributed by atoms with E-state index in [9.17, 15) is 27.9 Å². The highest BCUT2D eigenvalue weighted by molar-refractivity contribution is 6.30. The Labute approximate surface area is 197 Å². The van der Waals surface area contributed by atoms with Gasteiger partial charge in [0, 0.05) is 10.6 Å². The number of halogens is 4. The number of ether oxygens (including phenoxy) is 1. The molecule has 6 nitrogen and oxygen atoms in total. The molecular weight excluding hydrogens is 473 g/mol. The zero-order valence-electron chi connectivity index (χ0n) is 17.3. The lowest BCUT2D eigenvalue weighted by molar-refractivity contribution is -0.190. The summed E-state index contributed by atoms with van der Waals surface area (Å²) in [5, 5.41) is 16.1. The Morgan fingerprint density at radius 2 is 1.62 bits per heavy atom. The summed E-state index contributed by atoms with van der Waals surface area (Å²) in [5.41, 5.74) is -2.66. The largest absolute Gasteiger partial charge is 0.457 e. The SMILES string of the molecule is O=C1N[C@H](c2cccc(Oc3ccccc3)c2)[C@H](C(=O)C(F)(F)F)[C@@](O)(c2ccc(Cl)cc2)N1. The summed E-state index contributed by atoms with van der Waals surface area (Å²) < 4.78 is 46.7. The molecule has 34 heavy (non-hydrogen) atoms. The summed E-state index contributed by atoms with van der Waals surface area (Å²) in [6.45, 7) is 0. The van der Waals surface area contributed by atoms with Gasteiger partial charge in [-0.2, -0.15) is 13.2 Å². The highest BCUT2D eigenvalue weighted by Gasteiger charge is 2.59. The Bertz CT molecular complexity index is 1200. The average molecular weight is 491 g/mol. The number of hydrogen-bond acceptors (Lipinski definition) is 4. The predicted octanol–water partition coefficient (Wildman–Crippen LogP) is 5.08. The van der Waals surface area contributed by atoms with E-state index in [4.69, 9.17) is 16.3 Å². The number of amides is 2. The van der Waals surface area contributed by atoms with Gasteiger partial charge in [0.25, 0.3) is 0 Å². The van der Waals surface area contributed by atoms with Crippen molar-refractivity contribution in [2.24, 2.45) is 5.92 Å². The standard InChI is InChI=1S/C24H18ClF3N2O4/c25-16-11-9-15(10-12-16)23(33)19(21(31)24(26,27)28)20(29-22(32)30-23)14-5-4-8-18(13-14)34-17-6-2-1-3-7-17/h1-13,19-20,33H,(H2,29,30,32)/t19-,20-,23+/m1/s1. The summed E-state index contributed by atoms with van der Waals surface area (Å²) in [5.74, 6) is -3.62. The molecule has 176 valence electrons. The first-order chi connectivity index (χ1) is 16.1. The van der Waals surface area contributed by atoms with Gasteiger partial charge in [0.1, 0.15) is 17.4 Å². The van der Waals surface area contributed by atoms with Gasteiger partial charge in [-0.3, -0.25) is 4.79 Å². The van der Waals surface area contributed by atoms with E-state index in [1.807, 2.05) is 0 Å². The van der Waals surface area contributed by atoms with E-state index >= 15 is 0 Å². The molecular formula is C24H18ClF3N2O4. The van der Waals surface area contributed by atoms with Gasteiger partial charge < -0.3 is 20.5 Å². The van der Waals surface area contributed by atoms with Crippen LogP contribution in [-0.2, 0) is 10.5 Å². The van der Waals surface area contributed by atoms with E-state index in [1.54, 1.807) is 36.4 Å². The van der Waals surface area contributed by atoms with E-state index in [0.29, 0.717) is 5.75 Å². The first kappa shape index (κ1) is 23.6. The second kappa shape index (κ2) is 9.00. The highest BCUT2D eigenvalue weighted by Crippen LogP contribution is 2.43. The molecule has 3 aromatic rings. The lowest BCUT2D eigenvalue weighted by Crippen LogP contribution is -2.66. The van der Waals surface area contributed by atoms with Crippen molar-refractivity contribution >= 4 is 23.4 Å². The van der Waals surface area contributed by atoms with Gasteiger partial charge in [-0.05, 0) is 42.0 Å². The van der Waals surface area contributed by atoms with Crippen LogP contribution in [-0.4, -0.2) is 23.1 Å². The fourth-order valence-corrected chi connectivity index (χ4v) is 4.02. The van der Waals surface area contributed by atoms with Crippen LogP contribution in [0.2, 0.25) is 5.02 Å². The van der Waals surface area contributed by atoms with Gasteiger partial charge in [0.2, 0.25) is 5.78 Å². The second-order valence-electron chi connectivity index (χ2n) is 7.68. The zero-order valence-corrected chi connectivity index (χ0v) is 18.1. The quantitative estimate of drug-likeness (QED) is 0.465. The van der Waals surface area contributed by atoms with Crippen LogP contribution in [0.1, 0.15) is 17.2 Å². The van der Waals surface area contributed by atoms with Crippen LogP contribution in [0.4, 0.5) is 18.0 Å². The van der Waals surface area contributed by atoms with E-state index in [1.165, 1.54) is 42.5 Å². The molecule has 1 saturated heterocycles. The monoisotopic (exact) mass is 490 g/mol. The third-order valence-electron chi connectivity index (χ3n) is 5.42. The summed E-state index contributed by atoms with van der Waals surface area (Å²) >= 11 is 5.86. The third kappa shape index (κ3) is 4.71. The maximum absolute atomic E-state index is 13.7. The summed E-state index contributed by atoms with van der Waals surface area (Å²) in [6.07, 6.45) is -5.29. The predicted molar refractivity (Wildman–Crippen MR) is 117 cm³/mol. The number of rotatable bonds is 5. The first-order valence-electron chi connectivity index (χ1n) is 10.1. The van der Waals surface area contributed by atoms with Crippen LogP contribution in [0, 0.1) is 5.92 Å². The maximum Gasteiger partial charge on any atom is 0.450 e. The molecule has 0 spiro atoms. The third-order valence-corrected chi connectivity index (χ3v) is 5.67. The summed E-state index contributed by atoms with van der Waals surface area (Å²) in [6, 6.07) is 17.3. The highest BCUT2D eigenvalue weighted by atomic mass is 35.5. The van der Waals surface area contributed by atoms with Crippen molar-refractivity contribution in [2.45, 2.75) is 17.9 Å². The number of nitrogens with one attached hydrogen (secondary N) is 2. The van der Waals surface area contributed by atoms with E-state index in [0.717, 1.165) is 0 Å². The van der Waals surface area contributed by atoms with Crippen LogP contribution in [0.5, 0.6) is 11.5 Å². The fraction of sp³-hybridized carbons (Fsp3) is 0.167. The van der Waals surface area contributed by atoms with Crippen LogP contribution in [0.25, 0.3) is 0 Å². The van der Waals surface area contributed by atoms with Crippen molar-refractivity contribution < 1.29 is 32.6 Å². The van der Waals surface area contributed by atoms with E-state index in [2.05, 4.69) is 10.6 Å². The maximum atomic E-state index is 13.7. The molecule has 1 heterocycles. The molecule has 1 aliphatic rings. The van der Waals surface area contributed by atoms with Crippen molar-refractivity contribution in [3.05, 3.63) is 95.0 Å². The van der Waals surface area contributed by atoms with Crippen LogP contribution in [0.15, 0.2) is 78.9 Å². The van der Waals surface area contributed by atoms with Crippen LogP contribution in [0.3, 0.4) is 0 Å². The Morgan fingerprint density at radius 3 is 2.26 bits per heavy atom. The number of carbonyl (C=O) groups is 2. The van der Waals surface area contributed by atoms with Gasteiger partial charge in [-0.1, -0.05) is 54.1 Å². The van der Waals surface area contributed by atoms with Crippen LogP contribution >= 0.6 is 11.6 Å². The minimum atomic E-state index is -5.29. The lowest BCUT2D eigenvalue weighted by atomic mass is 9.76. The number of hydrogen-bond donors (Lipinski definition) is 3. The lowest BCUT2D eigenvalue weighted by Gasteiger charge is -2.45.